The standard InChI is InChI=1S/C14H18N4O2S/c15-6-13-3-4-14(7-17-13)21(19,20)18-8-10-1-2-12(16)5-11(10)9-18/h3-4,7,10-12H,1-2,5,8-9,16H2/t10-,11+,12?/m1/s1. The molecule has 0 radical (unpaired) electrons. The van der Waals surface area contributed by atoms with E-state index >= 15 is 0 Å². The van der Waals surface area contributed by atoms with E-state index < -0.39 is 10.0 Å². The molecule has 0 aromatic carbocycles. The van der Waals surface area contributed by atoms with E-state index in [4.69, 9.17) is 11.0 Å². The van der Waals surface area contributed by atoms with Crippen LogP contribution in [0.5, 0.6) is 0 Å². The zero-order valence-corrected chi connectivity index (χ0v) is 12.5. The van der Waals surface area contributed by atoms with Gasteiger partial charge in [0.05, 0.1) is 0 Å². The molecule has 1 aliphatic carbocycles. The molecule has 21 heavy (non-hydrogen) atoms. The quantitative estimate of drug-likeness (QED) is 0.867. The molecule has 1 saturated carbocycles. The molecule has 1 saturated heterocycles. The largest absolute Gasteiger partial charge is 0.328 e. The first-order valence-corrected chi connectivity index (χ1v) is 8.56. The molecule has 2 heterocycles. The topological polar surface area (TPSA) is 100 Å². The minimum Gasteiger partial charge on any atom is -0.328 e. The number of rotatable bonds is 2. The maximum absolute atomic E-state index is 12.6. The van der Waals surface area contributed by atoms with E-state index in [1.54, 1.807) is 4.31 Å². The van der Waals surface area contributed by atoms with E-state index in [1.165, 1.54) is 18.3 Å². The Hall–Kier alpha value is -1.49. The van der Waals surface area contributed by atoms with Crippen molar-refractivity contribution in [2.24, 2.45) is 17.6 Å². The van der Waals surface area contributed by atoms with Gasteiger partial charge in [0.25, 0.3) is 0 Å². The maximum atomic E-state index is 12.6. The number of hydrogen-bond donors (Lipinski definition) is 1. The fraction of sp³-hybridized carbons (Fsp3) is 0.571. The Morgan fingerprint density at radius 1 is 1.29 bits per heavy atom. The monoisotopic (exact) mass is 306 g/mol. The second-order valence-electron chi connectivity index (χ2n) is 5.91. The highest BCUT2D eigenvalue weighted by Gasteiger charge is 2.41. The number of pyridine rings is 1. The molecule has 0 spiro atoms. The van der Waals surface area contributed by atoms with E-state index in [9.17, 15) is 8.42 Å². The fourth-order valence-electron chi connectivity index (χ4n) is 3.37. The van der Waals surface area contributed by atoms with Gasteiger partial charge in [-0.15, -0.1) is 0 Å². The van der Waals surface area contributed by atoms with Crippen LogP contribution in [0.3, 0.4) is 0 Å². The second kappa shape index (κ2) is 5.37. The van der Waals surface area contributed by atoms with Crippen molar-refractivity contribution in [3.05, 3.63) is 24.0 Å². The van der Waals surface area contributed by atoms with E-state index in [-0.39, 0.29) is 16.6 Å². The van der Waals surface area contributed by atoms with Crippen LogP contribution in [-0.4, -0.2) is 36.8 Å². The number of sulfonamides is 1. The van der Waals surface area contributed by atoms with E-state index in [2.05, 4.69) is 4.98 Å². The first kappa shape index (κ1) is 14.4. The molecular formula is C14H18N4O2S. The van der Waals surface area contributed by atoms with Crippen LogP contribution >= 0.6 is 0 Å². The third-order valence-electron chi connectivity index (χ3n) is 4.55. The summed E-state index contributed by atoms with van der Waals surface area (Å²) in [4.78, 5) is 4.01. The van der Waals surface area contributed by atoms with Crippen molar-refractivity contribution in [3.63, 3.8) is 0 Å². The van der Waals surface area contributed by atoms with Crippen molar-refractivity contribution in [3.8, 4) is 6.07 Å². The van der Waals surface area contributed by atoms with E-state index in [0.29, 0.717) is 24.9 Å². The van der Waals surface area contributed by atoms with Crippen molar-refractivity contribution in [1.82, 2.24) is 9.29 Å². The molecule has 3 atom stereocenters. The first-order chi connectivity index (χ1) is 10.0. The van der Waals surface area contributed by atoms with E-state index in [1.807, 2.05) is 6.07 Å². The van der Waals surface area contributed by atoms with Crippen LogP contribution in [0.2, 0.25) is 0 Å². The van der Waals surface area contributed by atoms with Gasteiger partial charge in [0.2, 0.25) is 10.0 Å². The van der Waals surface area contributed by atoms with Crippen LogP contribution in [-0.2, 0) is 10.0 Å². The predicted octanol–water partition coefficient (Wildman–Crippen LogP) is 0.701. The molecule has 0 amide bonds. The summed E-state index contributed by atoms with van der Waals surface area (Å²) in [7, 11) is -3.52. The summed E-state index contributed by atoms with van der Waals surface area (Å²) < 4.78 is 26.8. The Labute approximate surface area is 124 Å². The molecule has 1 aromatic rings. The summed E-state index contributed by atoms with van der Waals surface area (Å²) in [6.07, 6.45) is 4.15. The molecule has 2 N–H and O–H groups in total. The zero-order valence-electron chi connectivity index (χ0n) is 11.6. The highest BCUT2D eigenvalue weighted by atomic mass is 32.2. The van der Waals surface area contributed by atoms with Crippen molar-refractivity contribution < 1.29 is 8.42 Å². The Kier molecular flexibility index (Phi) is 3.69. The van der Waals surface area contributed by atoms with Crippen LogP contribution < -0.4 is 5.73 Å². The van der Waals surface area contributed by atoms with E-state index in [0.717, 1.165) is 19.3 Å². The number of aromatic nitrogens is 1. The number of fused-ring (bicyclic) bond motifs is 1. The molecule has 2 fully saturated rings. The second-order valence-corrected chi connectivity index (χ2v) is 7.84. The van der Waals surface area contributed by atoms with Gasteiger partial charge in [-0.3, -0.25) is 0 Å². The minimum absolute atomic E-state index is 0.157. The molecule has 1 aliphatic heterocycles. The molecule has 112 valence electrons. The van der Waals surface area contributed by atoms with Crippen molar-refractivity contribution in [1.29, 1.82) is 5.26 Å². The fourth-order valence-corrected chi connectivity index (χ4v) is 4.87. The van der Waals surface area contributed by atoms with Gasteiger partial charge in [0.1, 0.15) is 16.7 Å². The minimum atomic E-state index is -3.52. The van der Waals surface area contributed by atoms with Gasteiger partial charge in [-0.25, -0.2) is 13.4 Å². The van der Waals surface area contributed by atoms with Crippen LogP contribution in [0.15, 0.2) is 23.2 Å². The van der Waals surface area contributed by atoms with Gasteiger partial charge in [-0.1, -0.05) is 0 Å². The summed E-state index contributed by atoms with van der Waals surface area (Å²) in [5.41, 5.74) is 6.20. The SMILES string of the molecule is N#Cc1ccc(S(=O)(=O)N2C[C@H]3CCC(N)C[C@H]3C2)cn1. The average molecular weight is 306 g/mol. The molecule has 2 aliphatic rings. The Balaban J connectivity index is 1.81. The number of nitrogens with zero attached hydrogens (tertiary/aromatic N) is 3. The lowest BCUT2D eigenvalue weighted by Gasteiger charge is -2.28. The van der Waals surface area contributed by atoms with Crippen molar-refractivity contribution >= 4 is 10.0 Å². The number of nitrogens with two attached hydrogens (primary N) is 1. The lowest BCUT2D eigenvalue weighted by atomic mass is 9.79. The summed E-state index contributed by atoms with van der Waals surface area (Å²) in [5.74, 6) is 0.792. The lowest BCUT2D eigenvalue weighted by Crippen LogP contribution is -2.32. The molecule has 0 bridgehead atoms. The molecule has 7 heteroatoms. The third-order valence-corrected chi connectivity index (χ3v) is 6.36. The first-order valence-electron chi connectivity index (χ1n) is 7.12. The average Bonchev–Trinajstić information content (AvgIpc) is 2.91. The summed E-state index contributed by atoms with van der Waals surface area (Å²) in [5, 5.41) is 8.72. The Bertz CT molecular complexity index is 665. The molecule has 3 rings (SSSR count). The third kappa shape index (κ3) is 2.67. The van der Waals surface area contributed by atoms with Crippen LogP contribution in [0, 0.1) is 23.2 Å². The summed E-state index contributed by atoms with van der Waals surface area (Å²) in [6.45, 7) is 1.11. The molecule has 1 unspecified atom stereocenters. The van der Waals surface area contributed by atoms with Gasteiger partial charge in [-0.2, -0.15) is 9.57 Å². The van der Waals surface area contributed by atoms with Crippen LogP contribution in [0.1, 0.15) is 25.0 Å². The van der Waals surface area contributed by atoms with Gasteiger partial charge in [-0.05, 0) is 43.2 Å². The number of nitriles is 1. The number of hydrogen-bond acceptors (Lipinski definition) is 5. The van der Waals surface area contributed by atoms with Crippen molar-refractivity contribution in [2.75, 3.05) is 13.1 Å². The highest BCUT2D eigenvalue weighted by Crippen LogP contribution is 2.37. The highest BCUT2D eigenvalue weighted by molar-refractivity contribution is 7.89. The smallest absolute Gasteiger partial charge is 0.244 e. The summed E-state index contributed by atoms with van der Waals surface area (Å²) >= 11 is 0. The Morgan fingerprint density at radius 2 is 2.05 bits per heavy atom. The molecule has 1 aromatic heterocycles. The van der Waals surface area contributed by atoms with Gasteiger partial charge >= 0.3 is 0 Å². The van der Waals surface area contributed by atoms with Crippen LogP contribution in [0.25, 0.3) is 0 Å². The maximum Gasteiger partial charge on any atom is 0.244 e. The van der Waals surface area contributed by atoms with Gasteiger partial charge < -0.3 is 5.73 Å². The predicted molar refractivity (Wildman–Crippen MR) is 76.5 cm³/mol. The van der Waals surface area contributed by atoms with Gasteiger partial charge in [0.15, 0.2) is 0 Å². The summed E-state index contributed by atoms with van der Waals surface area (Å²) in [6, 6.07) is 4.98. The van der Waals surface area contributed by atoms with Crippen molar-refractivity contribution in [2.45, 2.75) is 30.2 Å². The Morgan fingerprint density at radius 3 is 2.71 bits per heavy atom. The molecular weight excluding hydrogens is 288 g/mol. The van der Waals surface area contributed by atoms with Gasteiger partial charge in [0, 0.05) is 25.3 Å². The molecule has 6 nitrogen and oxygen atoms in total. The lowest BCUT2D eigenvalue weighted by molar-refractivity contribution is 0.271. The normalized spacial score (nSPS) is 29.8. The van der Waals surface area contributed by atoms with Crippen LogP contribution in [0.4, 0.5) is 0 Å². The zero-order chi connectivity index (χ0) is 15.0.